The van der Waals surface area contributed by atoms with Crippen LogP contribution in [0.25, 0.3) is 21.7 Å². The molecule has 0 aliphatic carbocycles. The summed E-state index contributed by atoms with van der Waals surface area (Å²) >= 11 is 7.72. The van der Waals surface area contributed by atoms with Gasteiger partial charge in [-0.1, -0.05) is 61.8 Å². The van der Waals surface area contributed by atoms with Crippen LogP contribution < -0.4 is 20.1 Å². The van der Waals surface area contributed by atoms with Crippen molar-refractivity contribution in [2.75, 3.05) is 33.0 Å². The maximum atomic E-state index is 14.2. The van der Waals surface area contributed by atoms with Crippen LogP contribution >= 0.6 is 22.9 Å². The molecule has 6 aromatic rings. The summed E-state index contributed by atoms with van der Waals surface area (Å²) in [5, 5.41) is 30.9. The lowest BCUT2D eigenvalue weighted by atomic mass is 10.0. The number of thiazole rings is 1. The van der Waals surface area contributed by atoms with Gasteiger partial charge in [-0.2, -0.15) is 10.4 Å². The average Bonchev–Trinajstić information content (AvgIpc) is 4.17. The number of carbonyl (C=O) groups excluding carboxylic acids is 4. The van der Waals surface area contributed by atoms with Crippen molar-refractivity contribution < 1.29 is 38.5 Å². The van der Waals surface area contributed by atoms with Crippen molar-refractivity contribution in [2.45, 2.75) is 78.0 Å². The molecule has 2 aliphatic rings. The maximum Gasteiger partial charge on any atom is 0.255 e. The number of amides is 4. The van der Waals surface area contributed by atoms with Gasteiger partial charge < -0.3 is 39.8 Å². The number of β-amino-alcohol motifs (C(OH)–C–C–N with tert-alkyl or cyclic N) is 1. The van der Waals surface area contributed by atoms with Crippen molar-refractivity contribution in [3.63, 3.8) is 0 Å². The Morgan fingerprint density at radius 2 is 1.72 bits per heavy atom. The first kappa shape index (κ1) is 50.3. The minimum atomic E-state index is -0.928. The molecule has 1 saturated heterocycles. The zero-order valence-electron chi connectivity index (χ0n) is 39.8. The van der Waals surface area contributed by atoms with Crippen LogP contribution in [0.15, 0.2) is 103 Å². The topological polar surface area (TPSA) is 201 Å². The van der Waals surface area contributed by atoms with Crippen molar-refractivity contribution in [3.8, 4) is 39.3 Å². The highest BCUT2D eigenvalue weighted by atomic mass is 35.5. The SMILES string of the molecule is Cc1ncsc1-c1ccc(CNC(=O)[C@@H]2C[C@@H](O)CN2C(=O)[C@H](C(C)C)N2Cc3ccccc3C2=O)c(OCCOCCOc2ccc(C(=O)N[C@@H](C)Cn3ccc(-c4ccc(C#N)c(Cl)c4)n3)cc2)c1. The van der Waals surface area contributed by atoms with Gasteiger partial charge >= 0.3 is 0 Å². The van der Waals surface area contributed by atoms with Gasteiger partial charge in [-0.25, -0.2) is 4.98 Å². The molecule has 368 valence electrons. The number of carbonyl (C=O) groups is 4. The minimum absolute atomic E-state index is 0.0141. The van der Waals surface area contributed by atoms with E-state index in [1.165, 1.54) is 16.2 Å². The average molecular weight is 1000 g/mol. The fourth-order valence-electron chi connectivity index (χ4n) is 8.86. The Kier molecular flexibility index (Phi) is 16.1. The van der Waals surface area contributed by atoms with Gasteiger partial charge in [-0.15, -0.1) is 11.3 Å². The summed E-state index contributed by atoms with van der Waals surface area (Å²) in [5.74, 6) is -0.354. The molecule has 2 aliphatic heterocycles. The van der Waals surface area contributed by atoms with E-state index in [1.54, 1.807) is 69.7 Å². The minimum Gasteiger partial charge on any atom is -0.491 e. The summed E-state index contributed by atoms with van der Waals surface area (Å²) in [6, 6.07) is 27.0. The fourth-order valence-corrected chi connectivity index (χ4v) is 9.89. The first-order valence-corrected chi connectivity index (χ1v) is 24.7. The Balaban J connectivity index is 0.801. The standard InChI is InChI=1S/C53H55ClN8O8S/c1-32(2)48(62-29-40-7-5-6-8-43(40)52(62)66)53(67)61-30-41(63)25-46(61)51(65)56-27-39-12-10-37(49-34(4)57-31-71-49)24-47(39)70-22-20-68-19-21-69-42-15-13-35(14-16-42)50(64)58-33(3)28-60-18-17-45(59-60)36-9-11-38(26-55)44(54)23-36/h5-18,23-24,31-33,41,46,48,63H,19-22,25,27-30H2,1-4H3,(H,56,65)(H,58,64)/t33-,41+,46-,48-/m0/s1. The Hall–Kier alpha value is -7.10. The van der Waals surface area contributed by atoms with Crippen molar-refractivity contribution >= 4 is 46.6 Å². The molecule has 1 fully saturated rings. The van der Waals surface area contributed by atoms with Crippen molar-refractivity contribution in [3.05, 3.63) is 141 Å². The van der Waals surface area contributed by atoms with Crippen molar-refractivity contribution in [2.24, 2.45) is 5.92 Å². The highest BCUT2D eigenvalue weighted by Crippen LogP contribution is 2.33. The number of benzene rings is 4. The van der Waals surface area contributed by atoms with Crippen LogP contribution in [-0.4, -0.2) is 111 Å². The second kappa shape index (κ2) is 22.8. The van der Waals surface area contributed by atoms with Gasteiger partial charge in [0.1, 0.15) is 42.9 Å². The third-order valence-corrected chi connectivity index (χ3v) is 13.7. The number of nitrogens with zero attached hydrogens (tertiary/aromatic N) is 6. The predicted molar refractivity (Wildman–Crippen MR) is 268 cm³/mol. The Bertz CT molecular complexity index is 2930. The number of rotatable bonds is 20. The third-order valence-electron chi connectivity index (χ3n) is 12.4. The molecule has 0 spiro atoms. The van der Waals surface area contributed by atoms with E-state index in [4.69, 9.17) is 31.1 Å². The zero-order chi connectivity index (χ0) is 50.2. The van der Waals surface area contributed by atoms with Crippen LogP contribution in [0.5, 0.6) is 11.5 Å². The van der Waals surface area contributed by atoms with Gasteiger partial charge in [0.05, 0.1) is 58.2 Å². The quantitative estimate of drug-likeness (QED) is 0.0662. The second-order valence-electron chi connectivity index (χ2n) is 17.9. The van der Waals surface area contributed by atoms with E-state index < -0.39 is 24.1 Å². The molecule has 0 radical (unpaired) electrons. The van der Waals surface area contributed by atoms with Crippen LogP contribution in [-0.2, 0) is 34.0 Å². The highest BCUT2D eigenvalue weighted by molar-refractivity contribution is 7.13. The summed E-state index contributed by atoms with van der Waals surface area (Å²) in [7, 11) is 0. The smallest absolute Gasteiger partial charge is 0.255 e. The normalized spacial score (nSPS) is 16.1. The molecular formula is C53H55ClN8O8S. The van der Waals surface area contributed by atoms with Crippen molar-refractivity contribution in [1.82, 2.24) is 35.2 Å². The lowest BCUT2D eigenvalue weighted by Crippen LogP contribution is -2.55. The van der Waals surface area contributed by atoms with E-state index >= 15 is 0 Å². The molecule has 8 rings (SSSR count). The molecule has 18 heteroatoms. The largest absolute Gasteiger partial charge is 0.491 e. The number of aryl methyl sites for hydroxylation is 1. The number of ether oxygens (including phenoxy) is 3. The molecule has 4 heterocycles. The number of nitrogens with one attached hydrogen (secondary N) is 2. The summed E-state index contributed by atoms with van der Waals surface area (Å²) in [5.41, 5.74) is 8.07. The number of hydrogen-bond acceptors (Lipinski definition) is 12. The fraction of sp³-hybridized carbons (Fsp3) is 0.340. The number of likely N-dealkylation sites (tertiary alicyclic amines) is 1. The number of fused-ring (bicyclic) bond motifs is 1. The second-order valence-corrected chi connectivity index (χ2v) is 19.2. The lowest BCUT2D eigenvalue weighted by Gasteiger charge is -2.35. The van der Waals surface area contributed by atoms with Gasteiger partial charge in [0.2, 0.25) is 11.8 Å². The number of halogens is 1. The number of hydrogen-bond donors (Lipinski definition) is 3. The molecule has 4 amide bonds. The molecule has 4 atom stereocenters. The van der Waals surface area contributed by atoms with Gasteiger partial charge in [0.25, 0.3) is 11.8 Å². The van der Waals surface area contributed by atoms with E-state index in [0.717, 1.165) is 27.3 Å². The number of aromatic nitrogens is 3. The van der Waals surface area contributed by atoms with Gasteiger partial charge in [0, 0.05) is 60.5 Å². The monoisotopic (exact) mass is 998 g/mol. The summed E-state index contributed by atoms with van der Waals surface area (Å²) in [6.45, 7) is 9.40. The molecule has 16 nitrogen and oxygen atoms in total. The number of nitriles is 1. The Morgan fingerprint density at radius 1 is 0.958 bits per heavy atom. The lowest BCUT2D eigenvalue weighted by molar-refractivity contribution is -0.143. The van der Waals surface area contributed by atoms with E-state index in [-0.39, 0.29) is 75.6 Å². The highest BCUT2D eigenvalue weighted by Gasteiger charge is 2.46. The molecule has 4 aromatic carbocycles. The Morgan fingerprint density at radius 3 is 2.44 bits per heavy atom. The molecular weight excluding hydrogens is 944 g/mol. The van der Waals surface area contributed by atoms with Gasteiger partial charge in [0.15, 0.2) is 0 Å². The first-order valence-electron chi connectivity index (χ1n) is 23.4. The summed E-state index contributed by atoms with van der Waals surface area (Å²) < 4.78 is 19.7. The van der Waals surface area contributed by atoms with E-state index in [2.05, 4.69) is 26.8 Å². The van der Waals surface area contributed by atoms with Crippen molar-refractivity contribution in [1.29, 1.82) is 5.26 Å². The number of aliphatic hydroxyl groups excluding tert-OH is 1. The van der Waals surface area contributed by atoms with Crippen LogP contribution in [0.2, 0.25) is 5.02 Å². The molecule has 0 saturated carbocycles. The zero-order valence-corrected chi connectivity index (χ0v) is 41.4. The summed E-state index contributed by atoms with van der Waals surface area (Å²) in [4.78, 5) is 63.0. The van der Waals surface area contributed by atoms with Crippen LogP contribution in [0.1, 0.15) is 70.3 Å². The predicted octanol–water partition coefficient (Wildman–Crippen LogP) is 7.06. The van der Waals surface area contributed by atoms with Crippen LogP contribution in [0.4, 0.5) is 0 Å². The van der Waals surface area contributed by atoms with E-state index in [9.17, 15) is 24.3 Å². The van der Waals surface area contributed by atoms with Gasteiger partial charge in [-0.3, -0.25) is 23.9 Å². The first-order chi connectivity index (χ1) is 34.3. The molecule has 0 bridgehead atoms. The Labute approximate surface area is 421 Å². The molecule has 2 aromatic heterocycles. The third kappa shape index (κ3) is 11.9. The number of aliphatic hydroxyl groups is 1. The van der Waals surface area contributed by atoms with Crippen LogP contribution in [0, 0.1) is 24.2 Å². The summed E-state index contributed by atoms with van der Waals surface area (Å²) in [6.07, 6.45) is 1.00. The van der Waals surface area contributed by atoms with Crippen LogP contribution in [0.3, 0.4) is 0 Å². The maximum absolute atomic E-state index is 14.2. The molecule has 3 N–H and O–H groups in total. The van der Waals surface area contributed by atoms with E-state index in [0.29, 0.717) is 57.6 Å². The molecule has 0 unspecified atom stereocenters. The van der Waals surface area contributed by atoms with Gasteiger partial charge in [-0.05, 0) is 85.5 Å². The van der Waals surface area contributed by atoms with E-state index in [1.807, 2.05) is 70.3 Å². The molecule has 71 heavy (non-hydrogen) atoms.